The van der Waals surface area contributed by atoms with Crippen LogP contribution >= 0.6 is 0 Å². The van der Waals surface area contributed by atoms with E-state index in [-0.39, 0.29) is 17.7 Å². The first-order valence-corrected chi connectivity index (χ1v) is 26.0. The van der Waals surface area contributed by atoms with Crippen molar-refractivity contribution in [1.29, 1.82) is 0 Å². The molecule has 0 saturated carbocycles. The van der Waals surface area contributed by atoms with E-state index >= 15 is 0 Å². The highest BCUT2D eigenvalue weighted by Gasteiger charge is 2.26. The maximum atomic E-state index is 13.0. The highest BCUT2D eigenvalue weighted by Crippen LogP contribution is 2.46. The molecular formula is C67H54N4O9. The van der Waals surface area contributed by atoms with Crippen LogP contribution in [0.3, 0.4) is 0 Å². The molecule has 80 heavy (non-hydrogen) atoms. The second kappa shape index (κ2) is 24.7. The van der Waals surface area contributed by atoms with Gasteiger partial charge in [-0.1, -0.05) is 164 Å². The molecule has 0 fully saturated rings. The Morgan fingerprint density at radius 2 is 0.825 bits per heavy atom. The molecule has 13 nitrogen and oxygen atoms in total. The summed E-state index contributed by atoms with van der Waals surface area (Å²) < 4.78 is 19.7. The Kier molecular flexibility index (Phi) is 16.4. The first-order valence-electron chi connectivity index (χ1n) is 26.0. The molecule has 3 unspecified atom stereocenters. The van der Waals surface area contributed by atoms with Crippen molar-refractivity contribution in [2.75, 3.05) is 0 Å². The molecule has 0 spiro atoms. The third-order valence-electron chi connectivity index (χ3n) is 13.7. The summed E-state index contributed by atoms with van der Waals surface area (Å²) in [5.41, 5.74) is 7.65. The SMILES string of the molecule is Cn1c2ccccc2c2c(C(=O)NC(C=O)Cc3ccccc3)cccc21.O=CC(Cc1ccccc1)NC(=O)c1cccc2c1Oc1ccccc1O2.O=CC(Cc1ccccc1)NC(=O)c1cccc2c1oc1ccccc12. The summed E-state index contributed by atoms with van der Waals surface area (Å²) in [5.74, 6) is 1.01. The summed E-state index contributed by atoms with van der Waals surface area (Å²) in [7, 11) is 2.00. The lowest BCUT2D eigenvalue weighted by Crippen LogP contribution is -2.37. The van der Waals surface area contributed by atoms with Crippen LogP contribution in [-0.4, -0.2) is 59.3 Å². The molecule has 0 aliphatic carbocycles. The largest absolute Gasteiger partial charge is 0.455 e. The Morgan fingerprint density at radius 3 is 1.41 bits per heavy atom. The number of aromatic nitrogens is 1. The van der Waals surface area contributed by atoms with Gasteiger partial charge in [0.25, 0.3) is 17.7 Å². The van der Waals surface area contributed by atoms with Crippen LogP contribution in [0.1, 0.15) is 47.8 Å². The second-order valence-corrected chi connectivity index (χ2v) is 19.1. The number of para-hydroxylation sites is 6. The number of benzene rings is 9. The van der Waals surface area contributed by atoms with E-state index in [0.29, 0.717) is 64.5 Å². The Bertz CT molecular complexity index is 4030. The van der Waals surface area contributed by atoms with Crippen LogP contribution in [0.25, 0.3) is 43.7 Å². The molecule has 3 amide bonds. The van der Waals surface area contributed by atoms with Gasteiger partial charge in [0.15, 0.2) is 23.0 Å². The molecule has 3 atom stereocenters. The quantitative estimate of drug-likeness (QED) is 0.0844. The van der Waals surface area contributed by atoms with Crippen molar-refractivity contribution in [2.24, 2.45) is 7.05 Å². The molecular weight excluding hydrogens is 1000 g/mol. The van der Waals surface area contributed by atoms with E-state index < -0.39 is 18.1 Å². The molecule has 13 heteroatoms. The monoisotopic (exact) mass is 1060 g/mol. The third kappa shape index (κ3) is 11.9. The van der Waals surface area contributed by atoms with Crippen LogP contribution < -0.4 is 25.4 Å². The van der Waals surface area contributed by atoms with Crippen LogP contribution in [0.2, 0.25) is 0 Å². The van der Waals surface area contributed by atoms with Gasteiger partial charge >= 0.3 is 0 Å². The molecule has 0 saturated heterocycles. The van der Waals surface area contributed by atoms with Gasteiger partial charge in [-0.3, -0.25) is 14.4 Å². The lowest BCUT2D eigenvalue weighted by atomic mass is 10.0. The van der Waals surface area contributed by atoms with Gasteiger partial charge in [-0.2, -0.15) is 0 Å². The smallest absolute Gasteiger partial charge is 0.255 e. The average molecular weight is 1060 g/mol. The number of aryl methyl sites for hydroxylation is 1. The molecule has 396 valence electrons. The molecule has 3 heterocycles. The van der Waals surface area contributed by atoms with E-state index in [1.165, 1.54) is 0 Å². The van der Waals surface area contributed by atoms with Crippen LogP contribution in [0.5, 0.6) is 23.0 Å². The van der Waals surface area contributed by atoms with Crippen LogP contribution in [-0.2, 0) is 40.7 Å². The average Bonchev–Trinajstić information content (AvgIpc) is 4.12. The molecule has 12 rings (SSSR count). The molecule has 1 aliphatic rings. The van der Waals surface area contributed by atoms with Gasteiger partial charge in [-0.25, -0.2) is 0 Å². The van der Waals surface area contributed by atoms with Gasteiger partial charge < -0.3 is 48.8 Å². The van der Waals surface area contributed by atoms with E-state index in [9.17, 15) is 28.8 Å². The summed E-state index contributed by atoms with van der Waals surface area (Å²) in [5, 5.41) is 12.2. The topological polar surface area (TPSA) is 175 Å². The summed E-state index contributed by atoms with van der Waals surface area (Å²) in [6.45, 7) is 0. The minimum atomic E-state index is -0.632. The van der Waals surface area contributed by atoms with E-state index in [2.05, 4.69) is 20.5 Å². The number of fused-ring (bicyclic) bond motifs is 8. The Hall–Kier alpha value is -10.4. The highest BCUT2D eigenvalue weighted by molar-refractivity contribution is 6.18. The van der Waals surface area contributed by atoms with Gasteiger partial charge in [0.05, 0.1) is 29.3 Å². The number of hydrogen-bond donors (Lipinski definition) is 3. The fourth-order valence-electron chi connectivity index (χ4n) is 9.79. The maximum Gasteiger partial charge on any atom is 0.255 e. The number of hydrogen-bond acceptors (Lipinski definition) is 9. The van der Waals surface area contributed by atoms with E-state index in [4.69, 9.17) is 13.9 Å². The third-order valence-corrected chi connectivity index (χ3v) is 13.7. The highest BCUT2D eigenvalue weighted by atomic mass is 16.6. The van der Waals surface area contributed by atoms with Gasteiger partial charge in [-0.15, -0.1) is 0 Å². The minimum Gasteiger partial charge on any atom is -0.455 e. The maximum absolute atomic E-state index is 13.0. The number of rotatable bonds is 15. The Labute approximate surface area is 460 Å². The summed E-state index contributed by atoms with van der Waals surface area (Å²) in [6, 6.07) is 66.3. The van der Waals surface area contributed by atoms with Crippen molar-refractivity contribution >= 4 is 80.3 Å². The van der Waals surface area contributed by atoms with Gasteiger partial charge in [-0.05, 0) is 90.6 Å². The summed E-state index contributed by atoms with van der Waals surface area (Å²) >= 11 is 0. The normalized spacial score (nSPS) is 12.3. The van der Waals surface area contributed by atoms with E-state index in [1.54, 1.807) is 36.4 Å². The second-order valence-electron chi connectivity index (χ2n) is 19.1. The number of ether oxygens (including phenoxy) is 2. The first kappa shape index (κ1) is 53.0. The lowest BCUT2D eigenvalue weighted by Gasteiger charge is -2.22. The number of furan rings is 1. The zero-order chi connectivity index (χ0) is 55.4. The molecule has 3 N–H and O–H groups in total. The van der Waals surface area contributed by atoms with Gasteiger partial charge in [0.1, 0.15) is 30.0 Å². The van der Waals surface area contributed by atoms with Crippen molar-refractivity contribution in [3.8, 4) is 23.0 Å². The summed E-state index contributed by atoms with van der Waals surface area (Å²) in [6.07, 6.45) is 3.66. The molecule has 1 aliphatic heterocycles. The van der Waals surface area contributed by atoms with Crippen molar-refractivity contribution in [2.45, 2.75) is 37.4 Å². The van der Waals surface area contributed by atoms with Crippen LogP contribution in [0, 0.1) is 0 Å². The van der Waals surface area contributed by atoms with E-state index in [0.717, 1.165) is 73.7 Å². The zero-order valence-electron chi connectivity index (χ0n) is 43.5. The van der Waals surface area contributed by atoms with Gasteiger partial charge in [0, 0.05) is 45.2 Å². The molecule has 9 aromatic carbocycles. The van der Waals surface area contributed by atoms with Crippen molar-refractivity contribution < 1.29 is 42.7 Å². The number of nitrogens with zero attached hydrogens (tertiary/aromatic N) is 1. The number of nitrogens with one attached hydrogen (secondary N) is 3. The summed E-state index contributed by atoms with van der Waals surface area (Å²) in [4.78, 5) is 73.0. The molecule has 11 aromatic rings. The minimum absolute atomic E-state index is 0.231. The lowest BCUT2D eigenvalue weighted by molar-refractivity contribution is -0.110. The number of amides is 3. The number of carbonyl (C=O) groups excluding carboxylic acids is 6. The van der Waals surface area contributed by atoms with E-state index in [1.807, 2.05) is 189 Å². The van der Waals surface area contributed by atoms with Crippen LogP contribution in [0.15, 0.2) is 223 Å². The standard InChI is InChI=1S/C23H20N2O2.C22H17NO4.C22H17NO3/c1-25-20-12-6-5-10-18(20)22-19(11-7-13-21(22)25)23(27)24-17(15-26)14-16-8-3-2-4-9-16;24-14-16(13-15-7-2-1-3-8-15)23-22(25)17-9-6-12-20-21(17)27-19-11-5-4-10-18(19)26-20;24-14-16(13-15-7-2-1-3-8-15)23-22(25)19-11-6-10-18-17-9-4-5-12-20(17)26-21(18)19/h2-13,15,17H,14H2,1H3,(H,24,27);1-12,14,16H,13H2,(H,23,25);1-12,14,16H,13H2,(H,23,25). The molecule has 0 bridgehead atoms. The zero-order valence-corrected chi connectivity index (χ0v) is 43.5. The Morgan fingerprint density at radius 1 is 0.412 bits per heavy atom. The fraction of sp³-hybridized carbons (Fsp3) is 0.104. The predicted molar refractivity (Wildman–Crippen MR) is 310 cm³/mol. The van der Waals surface area contributed by atoms with Crippen molar-refractivity contribution in [3.63, 3.8) is 0 Å². The Balaban J connectivity index is 0.000000135. The van der Waals surface area contributed by atoms with Gasteiger partial charge in [0.2, 0.25) is 0 Å². The molecule has 0 radical (unpaired) electrons. The van der Waals surface area contributed by atoms with Crippen LogP contribution in [0.4, 0.5) is 0 Å². The predicted octanol–water partition coefficient (Wildman–Crippen LogP) is 12.1. The number of carbonyl (C=O) groups is 6. The molecule has 2 aromatic heterocycles. The number of aldehydes is 3. The van der Waals surface area contributed by atoms with Crippen molar-refractivity contribution in [1.82, 2.24) is 20.5 Å². The van der Waals surface area contributed by atoms with Crippen molar-refractivity contribution in [3.05, 3.63) is 252 Å². The fourth-order valence-corrected chi connectivity index (χ4v) is 9.79. The first-order chi connectivity index (χ1) is 39.2.